The number of ether oxygens (including phenoxy) is 1. The van der Waals surface area contributed by atoms with Crippen molar-refractivity contribution >= 4 is 5.97 Å². The Kier molecular flexibility index (Phi) is 14.4. The number of esters is 1. The highest BCUT2D eigenvalue weighted by Gasteiger charge is 2.07. The van der Waals surface area contributed by atoms with Crippen LogP contribution in [-0.2, 0) is 9.53 Å². The SMILES string of the molecule is CCCCCCCCCCCCCC(=O)O[C@H](C)CO. The second kappa shape index (κ2) is 14.8. The van der Waals surface area contributed by atoms with E-state index in [0.29, 0.717) is 6.42 Å². The zero-order valence-electron chi connectivity index (χ0n) is 13.5. The van der Waals surface area contributed by atoms with E-state index < -0.39 is 0 Å². The van der Waals surface area contributed by atoms with Crippen molar-refractivity contribution in [3.63, 3.8) is 0 Å². The maximum Gasteiger partial charge on any atom is 0.306 e. The lowest BCUT2D eigenvalue weighted by Gasteiger charge is -2.09. The van der Waals surface area contributed by atoms with Crippen LogP contribution < -0.4 is 0 Å². The average Bonchev–Trinajstić information content (AvgIpc) is 2.44. The zero-order valence-corrected chi connectivity index (χ0v) is 13.5. The summed E-state index contributed by atoms with van der Waals surface area (Å²) in [5.74, 6) is -0.178. The minimum atomic E-state index is -0.366. The van der Waals surface area contributed by atoms with Gasteiger partial charge in [0.25, 0.3) is 0 Å². The Hall–Kier alpha value is -0.570. The van der Waals surface area contributed by atoms with Crippen molar-refractivity contribution in [1.82, 2.24) is 0 Å². The van der Waals surface area contributed by atoms with Gasteiger partial charge in [0, 0.05) is 6.42 Å². The molecule has 0 heterocycles. The Morgan fingerprint density at radius 3 is 1.80 bits per heavy atom. The van der Waals surface area contributed by atoms with Gasteiger partial charge in [0.15, 0.2) is 0 Å². The van der Waals surface area contributed by atoms with Crippen LogP contribution in [-0.4, -0.2) is 23.8 Å². The minimum absolute atomic E-state index is 0.0933. The second-order valence-corrected chi connectivity index (χ2v) is 5.77. The zero-order chi connectivity index (χ0) is 15.1. The number of unbranched alkanes of at least 4 members (excludes halogenated alkanes) is 10. The van der Waals surface area contributed by atoms with Gasteiger partial charge < -0.3 is 9.84 Å². The van der Waals surface area contributed by atoms with Crippen LogP contribution in [0.25, 0.3) is 0 Å². The smallest absolute Gasteiger partial charge is 0.306 e. The molecule has 0 aromatic rings. The summed E-state index contributed by atoms with van der Waals surface area (Å²) >= 11 is 0. The molecule has 1 N–H and O–H groups in total. The van der Waals surface area contributed by atoms with E-state index in [1.54, 1.807) is 6.92 Å². The van der Waals surface area contributed by atoms with Crippen molar-refractivity contribution in [3.05, 3.63) is 0 Å². The van der Waals surface area contributed by atoms with Crippen LogP contribution in [0.2, 0.25) is 0 Å². The first-order valence-corrected chi connectivity index (χ1v) is 8.51. The van der Waals surface area contributed by atoms with Crippen LogP contribution in [0.4, 0.5) is 0 Å². The molecule has 3 heteroatoms. The van der Waals surface area contributed by atoms with Crippen molar-refractivity contribution in [2.75, 3.05) is 6.61 Å². The molecule has 0 aliphatic carbocycles. The average molecular weight is 286 g/mol. The number of carbonyl (C=O) groups is 1. The normalized spacial score (nSPS) is 12.3. The fourth-order valence-electron chi connectivity index (χ4n) is 2.25. The van der Waals surface area contributed by atoms with Gasteiger partial charge in [-0.05, 0) is 13.3 Å². The Labute approximate surface area is 125 Å². The van der Waals surface area contributed by atoms with E-state index in [-0.39, 0.29) is 18.7 Å². The van der Waals surface area contributed by atoms with Crippen LogP contribution in [0.3, 0.4) is 0 Å². The summed E-state index contributed by atoms with van der Waals surface area (Å²) in [6.45, 7) is 3.86. The lowest BCUT2D eigenvalue weighted by Crippen LogP contribution is -2.18. The molecule has 0 fully saturated rings. The van der Waals surface area contributed by atoms with E-state index in [1.807, 2.05) is 0 Å². The highest BCUT2D eigenvalue weighted by molar-refractivity contribution is 5.69. The molecule has 0 saturated heterocycles. The van der Waals surface area contributed by atoms with Crippen LogP contribution in [0.1, 0.15) is 90.9 Å². The van der Waals surface area contributed by atoms with Gasteiger partial charge in [0.2, 0.25) is 0 Å². The van der Waals surface area contributed by atoms with Crippen LogP contribution in [0.5, 0.6) is 0 Å². The maximum absolute atomic E-state index is 11.3. The first-order chi connectivity index (χ1) is 9.70. The fraction of sp³-hybridized carbons (Fsp3) is 0.941. The molecule has 0 rings (SSSR count). The quantitative estimate of drug-likeness (QED) is 0.374. The third-order valence-corrected chi connectivity index (χ3v) is 3.57. The topological polar surface area (TPSA) is 46.5 Å². The van der Waals surface area contributed by atoms with Gasteiger partial charge in [-0.1, -0.05) is 71.1 Å². The summed E-state index contributed by atoms with van der Waals surface area (Å²) in [4.78, 5) is 11.3. The Morgan fingerprint density at radius 1 is 0.900 bits per heavy atom. The van der Waals surface area contributed by atoms with E-state index in [1.165, 1.54) is 57.8 Å². The Morgan fingerprint density at radius 2 is 1.35 bits per heavy atom. The molecule has 20 heavy (non-hydrogen) atoms. The largest absolute Gasteiger partial charge is 0.460 e. The third kappa shape index (κ3) is 13.9. The summed E-state index contributed by atoms with van der Waals surface area (Å²) in [6, 6.07) is 0. The molecule has 0 unspecified atom stereocenters. The van der Waals surface area contributed by atoms with Gasteiger partial charge in [-0.25, -0.2) is 0 Å². The number of hydrogen-bond donors (Lipinski definition) is 1. The van der Waals surface area contributed by atoms with Gasteiger partial charge in [-0.15, -0.1) is 0 Å². The van der Waals surface area contributed by atoms with Crippen LogP contribution >= 0.6 is 0 Å². The number of aliphatic hydroxyl groups is 1. The molecule has 3 nitrogen and oxygen atoms in total. The van der Waals surface area contributed by atoms with Gasteiger partial charge in [0.1, 0.15) is 6.10 Å². The van der Waals surface area contributed by atoms with E-state index in [9.17, 15) is 4.79 Å². The molecule has 0 aliphatic rings. The van der Waals surface area contributed by atoms with Gasteiger partial charge in [-0.3, -0.25) is 4.79 Å². The molecule has 0 aromatic heterocycles. The van der Waals surface area contributed by atoms with E-state index in [2.05, 4.69) is 6.92 Å². The molecular weight excluding hydrogens is 252 g/mol. The van der Waals surface area contributed by atoms with Gasteiger partial charge >= 0.3 is 5.97 Å². The predicted molar refractivity (Wildman–Crippen MR) is 83.7 cm³/mol. The van der Waals surface area contributed by atoms with E-state index >= 15 is 0 Å². The molecule has 0 aromatic carbocycles. The maximum atomic E-state index is 11.3. The minimum Gasteiger partial charge on any atom is -0.460 e. The Bertz CT molecular complexity index is 216. The van der Waals surface area contributed by atoms with Crippen molar-refractivity contribution in [2.45, 2.75) is 97.0 Å². The summed E-state index contributed by atoms with van der Waals surface area (Å²) in [5.41, 5.74) is 0. The second-order valence-electron chi connectivity index (χ2n) is 5.77. The molecular formula is C17H34O3. The number of carbonyl (C=O) groups excluding carboxylic acids is 1. The molecule has 0 amide bonds. The Balaban J connectivity index is 3.14. The molecule has 0 saturated carbocycles. The van der Waals surface area contributed by atoms with E-state index in [0.717, 1.165) is 12.8 Å². The molecule has 0 aliphatic heterocycles. The monoisotopic (exact) mass is 286 g/mol. The summed E-state index contributed by atoms with van der Waals surface area (Å²) < 4.78 is 5.00. The molecule has 0 bridgehead atoms. The van der Waals surface area contributed by atoms with E-state index in [4.69, 9.17) is 9.84 Å². The van der Waals surface area contributed by atoms with Crippen LogP contribution in [0.15, 0.2) is 0 Å². The third-order valence-electron chi connectivity index (χ3n) is 3.57. The first kappa shape index (κ1) is 19.4. The number of hydrogen-bond acceptors (Lipinski definition) is 3. The molecule has 120 valence electrons. The number of aliphatic hydroxyl groups excluding tert-OH is 1. The lowest BCUT2D eigenvalue weighted by atomic mass is 10.1. The highest BCUT2D eigenvalue weighted by Crippen LogP contribution is 2.12. The number of rotatable bonds is 14. The van der Waals surface area contributed by atoms with Crippen molar-refractivity contribution in [3.8, 4) is 0 Å². The van der Waals surface area contributed by atoms with Crippen molar-refractivity contribution < 1.29 is 14.6 Å². The molecule has 0 spiro atoms. The highest BCUT2D eigenvalue weighted by atomic mass is 16.5. The van der Waals surface area contributed by atoms with Gasteiger partial charge in [-0.2, -0.15) is 0 Å². The molecule has 0 radical (unpaired) electrons. The summed E-state index contributed by atoms with van der Waals surface area (Å²) in [7, 11) is 0. The van der Waals surface area contributed by atoms with Gasteiger partial charge in [0.05, 0.1) is 6.61 Å². The van der Waals surface area contributed by atoms with Crippen molar-refractivity contribution in [2.24, 2.45) is 0 Å². The fourth-order valence-corrected chi connectivity index (χ4v) is 2.25. The predicted octanol–water partition coefficient (Wildman–Crippen LogP) is 4.61. The summed E-state index contributed by atoms with van der Waals surface area (Å²) in [6.07, 6.45) is 14.2. The van der Waals surface area contributed by atoms with Crippen LogP contribution in [0, 0.1) is 0 Å². The summed E-state index contributed by atoms with van der Waals surface area (Å²) in [5, 5.41) is 8.77. The lowest BCUT2D eigenvalue weighted by molar-refractivity contribution is -0.150. The first-order valence-electron chi connectivity index (χ1n) is 8.51. The molecule has 1 atom stereocenters. The standard InChI is InChI=1S/C17H34O3/c1-3-4-5-6-7-8-9-10-11-12-13-14-17(19)20-16(2)15-18/h16,18H,3-15H2,1-2H3/t16-/m1/s1. The van der Waals surface area contributed by atoms with Crippen molar-refractivity contribution in [1.29, 1.82) is 0 Å².